The van der Waals surface area contributed by atoms with Crippen molar-refractivity contribution in [1.29, 1.82) is 0 Å². The molecule has 0 radical (unpaired) electrons. The number of rotatable bonds is 0. The van der Waals surface area contributed by atoms with Crippen LogP contribution in [0.1, 0.15) is 31.9 Å². The fraction of sp³-hybridized carbons (Fsp3) is 0.357. The molecule has 0 aliphatic heterocycles. The fourth-order valence-corrected chi connectivity index (χ4v) is 1.83. The molecular weight excluding hydrogens is 330 g/mol. The van der Waals surface area contributed by atoms with Crippen LogP contribution in [-0.2, 0) is 31.6 Å². The molecule has 0 saturated carbocycles. The Morgan fingerprint density at radius 2 is 1.59 bits per heavy atom. The van der Waals surface area contributed by atoms with E-state index in [1.807, 2.05) is 0 Å². The number of halogens is 2. The Morgan fingerprint density at radius 3 is 2.12 bits per heavy atom. The third kappa shape index (κ3) is 4.47. The average Bonchev–Trinajstić information content (AvgIpc) is 2.41. The largest absolute Gasteiger partial charge is 0.165 e. The van der Waals surface area contributed by atoms with Gasteiger partial charge in [0.2, 0.25) is 0 Å². The smallest absolute Gasteiger partial charge is 0 e. The number of hydrogen-bond acceptors (Lipinski definition) is 0. The molecule has 2 aromatic carbocycles. The molecule has 0 atom stereocenters. The van der Waals surface area contributed by atoms with Crippen LogP contribution >= 0.6 is 24.8 Å². The van der Waals surface area contributed by atoms with Gasteiger partial charge in [-0.1, -0.05) is 33.3 Å². The predicted octanol–water partition coefficient (Wildman–Crippen LogP) is 5.01. The third-order valence-electron chi connectivity index (χ3n) is 2.72. The standard InChI is InChI=1S/C14H17.2ClH.Zr/c1-10-7-11-5-6-13(14(2,3)4)9-12(11)8-10;;;/h5-9H,1-4H3;2*1H;/q-1;;;. The molecule has 94 valence electrons. The Hall–Kier alpha value is 0.293. The van der Waals surface area contributed by atoms with E-state index in [1.54, 1.807) is 0 Å². The zero-order valence-corrected chi connectivity index (χ0v) is 14.8. The number of hydrogen-bond donors (Lipinski definition) is 0. The van der Waals surface area contributed by atoms with Gasteiger partial charge >= 0.3 is 0 Å². The summed E-state index contributed by atoms with van der Waals surface area (Å²) >= 11 is 0. The molecule has 0 unspecified atom stereocenters. The van der Waals surface area contributed by atoms with Gasteiger partial charge in [-0.3, -0.25) is 0 Å². The van der Waals surface area contributed by atoms with Crippen LogP contribution in [0, 0.1) is 6.92 Å². The number of benzene rings is 1. The molecule has 0 N–H and O–H groups in total. The fourth-order valence-electron chi connectivity index (χ4n) is 1.83. The Balaban J connectivity index is 0. The summed E-state index contributed by atoms with van der Waals surface area (Å²) in [7, 11) is 0. The van der Waals surface area contributed by atoms with Crippen molar-refractivity contribution in [3.8, 4) is 0 Å². The summed E-state index contributed by atoms with van der Waals surface area (Å²) in [5.74, 6) is 0. The van der Waals surface area contributed by atoms with E-state index in [2.05, 4.69) is 58.0 Å². The molecule has 0 aliphatic rings. The van der Waals surface area contributed by atoms with Crippen LogP contribution in [0.2, 0.25) is 0 Å². The minimum Gasteiger partial charge on any atom is -0.165 e. The van der Waals surface area contributed by atoms with Crippen LogP contribution < -0.4 is 0 Å². The first-order chi connectivity index (χ1) is 6.47. The van der Waals surface area contributed by atoms with Crippen molar-refractivity contribution in [2.45, 2.75) is 33.1 Å². The first-order valence-corrected chi connectivity index (χ1v) is 5.14. The van der Waals surface area contributed by atoms with Gasteiger partial charge in [-0.05, 0) is 5.41 Å². The van der Waals surface area contributed by atoms with Crippen LogP contribution in [-0.4, -0.2) is 0 Å². The van der Waals surface area contributed by atoms with Gasteiger partial charge in [-0.25, -0.2) is 0 Å². The van der Waals surface area contributed by atoms with E-state index >= 15 is 0 Å². The second-order valence-electron chi connectivity index (χ2n) is 5.13. The zero-order chi connectivity index (χ0) is 10.3. The Kier molecular flexibility index (Phi) is 8.11. The Labute approximate surface area is 135 Å². The SMILES string of the molecule is Cc1cc2cc(C(C)(C)C)ccc2[cH-]1.Cl.Cl.[Zr]. The molecule has 0 amide bonds. The summed E-state index contributed by atoms with van der Waals surface area (Å²) in [5, 5.41) is 2.73. The van der Waals surface area contributed by atoms with Gasteiger partial charge in [0.15, 0.2) is 0 Å². The Morgan fingerprint density at radius 1 is 1.00 bits per heavy atom. The van der Waals surface area contributed by atoms with E-state index in [0.717, 1.165) is 0 Å². The van der Waals surface area contributed by atoms with Crippen molar-refractivity contribution in [3.63, 3.8) is 0 Å². The van der Waals surface area contributed by atoms with E-state index < -0.39 is 0 Å². The molecule has 0 aromatic heterocycles. The minimum absolute atomic E-state index is 0. The van der Waals surface area contributed by atoms with Crippen molar-refractivity contribution in [2.75, 3.05) is 0 Å². The number of fused-ring (bicyclic) bond motifs is 1. The molecule has 0 spiro atoms. The van der Waals surface area contributed by atoms with Gasteiger partial charge in [0, 0.05) is 26.2 Å². The maximum atomic E-state index is 2.31. The molecular formula is C14H19Cl2Zr-. The summed E-state index contributed by atoms with van der Waals surface area (Å²) in [6, 6.07) is 11.3. The van der Waals surface area contributed by atoms with Crippen LogP contribution in [0.25, 0.3) is 10.8 Å². The summed E-state index contributed by atoms with van der Waals surface area (Å²) in [4.78, 5) is 0. The summed E-state index contributed by atoms with van der Waals surface area (Å²) in [6.45, 7) is 8.91. The van der Waals surface area contributed by atoms with Gasteiger partial charge in [-0.15, -0.1) is 65.4 Å². The normalized spacial score (nSPS) is 10.1. The molecule has 17 heavy (non-hydrogen) atoms. The first-order valence-electron chi connectivity index (χ1n) is 5.14. The minimum atomic E-state index is 0. The second-order valence-corrected chi connectivity index (χ2v) is 5.13. The maximum Gasteiger partial charge on any atom is 0 e. The molecule has 2 rings (SSSR count). The van der Waals surface area contributed by atoms with Crippen molar-refractivity contribution in [1.82, 2.24) is 0 Å². The molecule has 2 aromatic rings. The Bertz CT molecular complexity index is 467. The first kappa shape index (κ1) is 19.6. The summed E-state index contributed by atoms with van der Waals surface area (Å²) in [6.07, 6.45) is 0. The topological polar surface area (TPSA) is 0 Å². The van der Waals surface area contributed by atoms with E-state index in [-0.39, 0.29) is 56.4 Å². The molecule has 0 aliphatic carbocycles. The molecule has 3 heteroatoms. The van der Waals surface area contributed by atoms with Gasteiger partial charge in [0.1, 0.15) is 0 Å². The van der Waals surface area contributed by atoms with E-state index in [4.69, 9.17) is 0 Å². The van der Waals surface area contributed by atoms with Gasteiger partial charge in [0.05, 0.1) is 0 Å². The van der Waals surface area contributed by atoms with E-state index in [9.17, 15) is 0 Å². The molecule has 0 bridgehead atoms. The van der Waals surface area contributed by atoms with Crippen molar-refractivity contribution in [3.05, 3.63) is 41.5 Å². The predicted molar refractivity (Wildman–Crippen MR) is 77.5 cm³/mol. The summed E-state index contributed by atoms with van der Waals surface area (Å²) < 4.78 is 0. The zero-order valence-electron chi connectivity index (χ0n) is 10.7. The number of aryl methyl sites for hydroxylation is 1. The van der Waals surface area contributed by atoms with E-state index in [1.165, 1.54) is 21.9 Å². The van der Waals surface area contributed by atoms with Gasteiger partial charge in [-0.2, -0.15) is 6.07 Å². The van der Waals surface area contributed by atoms with Crippen molar-refractivity contribution >= 4 is 35.6 Å². The molecule has 0 fully saturated rings. The second kappa shape index (κ2) is 7.02. The molecule has 0 saturated heterocycles. The van der Waals surface area contributed by atoms with Gasteiger partial charge < -0.3 is 0 Å². The quantitative estimate of drug-likeness (QED) is 0.587. The summed E-state index contributed by atoms with van der Waals surface area (Å²) in [5.41, 5.74) is 3.01. The monoisotopic (exact) mass is 347 g/mol. The molecule has 0 heterocycles. The van der Waals surface area contributed by atoms with Crippen molar-refractivity contribution in [2.24, 2.45) is 0 Å². The average molecular weight is 349 g/mol. The van der Waals surface area contributed by atoms with Crippen LogP contribution in [0.15, 0.2) is 30.3 Å². The van der Waals surface area contributed by atoms with Gasteiger partial charge in [0.25, 0.3) is 0 Å². The van der Waals surface area contributed by atoms with E-state index in [0.29, 0.717) is 0 Å². The van der Waals surface area contributed by atoms with Crippen LogP contribution in [0.5, 0.6) is 0 Å². The van der Waals surface area contributed by atoms with Crippen molar-refractivity contribution < 1.29 is 26.2 Å². The molecule has 0 nitrogen and oxygen atoms in total. The third-order valence-corrected chi connectivity index (χ3v) is 2.72. The maximum absolute atomic E-state index is 2.31. The van der Waals surface area contributed by atoms with Crippen LogP contribution in [0.3, 0.4) is 0 Å². The van der Waals surface area contributed by atoms with Crippen LogP contribution in [0.4, 0.5) is 0 Å².